The number of nitrogens with zero attached hydrogens (tertiary/aromatic N) is 4. The highest BCUT2D eigenvalue weighted by Gasteiger charge is 2.26. The first kappa shape index (κ1) is 19.5. The topological polar surface area (TPSA) is 77.2 Å². The van der Waals surface area contributed by atoms with Crippen LogP contribution >= 0.6 is 11.6 Å². The average molecular weight is 413 g/mol. The Morgan fingerprint density at radius 2 is 2.31 bits per heavy atom. The number of piperidine rings is 1. The number of nitrogens with one attached hydrogen (secondary N) is 2. The molecule has 3 heterocycles. The number of likely N-dealkylation sites (N-methyl/N-ethyl adjacent to an activating group) is 1. The maximum atomic E-state index is 12.7. The molecule has 0 aliphatic carbocycles. The largest absolute Gasteiger partial charge is 0.361 e. The summed E-state index contributed by atoms with van der Waals surface area (Å²) in [6, 6.07) is 9.75. The molecule has 1 fully saturated rings. The van der Waals surface area contributed by atoms with Gasteiger partial charge in [-0.15, -0.1) is 5.10 Å². The second kappa shape index (κ2) is 8.69. The van der Waals surface area contributed by atoms with E-state index in [4.69, 9.17) is 11.6 Å². The van der Waals surface area contributed by atoms with Gasteiger partial charge in [0.05, 0.1) is 6.04 Å². The van der Waals surface area contributed by atoms with E-state index in [1.165, 1.54) is 0 Å². The lowest BCUT2D eigenvalue weighted by Gasteiger charge is -2.37. The predicted octanol–water partition coefficient (Wildman–Crippen LogP) is 3.46. The molecule has 0 saturated carbocycles. The molecule has 0 bridgehead atoms. The smallest absolute Gasteiger partial charge is 0.317 e. The number of anilines is 1. The third kappa shape index (κ3) is 4.45. The molecule has 1 aliphatic heterocycles. The Morgan fingerprint density at radius 3 is 3.14 bits per heavy atom. The van der Waals surface area contributed by atoms with E-state index in [-0.39, 0.29) is 12.1 Å². The highest BCUT2D eigenvalue weighted by Crippen LogP contribution is 2.23. The van der Waals surface area contributed by atoms with Gasteiger partial charge in [0.25, 0.3) is 0 Å². The number of hydrogen-bond acceptors (Lipinski definition) is 4. The van der Waals surface area contributed by atoms with E-state index in [1.54, 1.807) is 6.20 Å². The minimum Gasteiger partial charge on any atom is -0.361 e. The van der Waals surface area contributed by atoms with Gasteiger partial charge >= 0.3 is 6.03 Å². The number of benzene rings is 1. The van der Waals surface area contributed by atoms with Crippen LogP contribution in [0.15, 0.2) is 42.7 Å². The predicted molar refractivity (Wildman–Crippen MR) is 115 cm³/mol. The number of hydrogen-bond donors (Lipinski definition) is 2. The standard InChI is InChI=1S/C21H25ClN6O/c1-27(17-4-3-11-28(14-17)20-5-2-9-25-26-20)21(29)23-10-8-15-13-24-19-7-6-16(22)12-18(15)19/h2,5-7,9,12-13,17,24H,3-4,8,10-11,14H2,1H3,(H,23,29)/t17-/m1/s1. The molecular formula is C21H25ClN6O. The van der Waals surface area contributed by atoms with Crippen LogP contribution in [-0.4, -0.2) is 58.8 Å². The Hall–Kier alpha value is -2.80. The Labute approximate surface area is 175 Å². The van der Waals surface area contributed by atoms with Crippen LogP contribution in [0.5, 0.6) is 0 Å². The molecule has 1 aliphatic rings. The minimum atomic E-state index is -0.0473. The zero-order valence-corrected chi connectivity index (χ0v) is 17.2. The summed E-state index contributed by atoms with van der Waals surface area (Å²) in [5, 5.41) is 13.0. The fraction of sp³-hybridized carbons (Fsp3) is 0.381. The van der Waals surface area contributed by atoms with Gasteiger partial charge in [-0.1, -0.05) is 11.6 Å². The molecule has 0 unspecified atom stereocenters. The van der Waals surface area contributed by atoms with E-state index in [9.17, 15) is 4.79 Å². The Bertz CT molecular complexity index is 976. The zero-order chi connectivity index (χ0) is 20.2. The van der Waals surface area contributed by atoms with E-state index in [0.29, 0.717) is 11.6 Å². The van der Waals surface area contributed by atoms with Crippen LogP contribution in [0.4, 0.5) is 10.6 Å². The van der Waals surface area contributed by atoms with Crippen molar-refractivity contribution >= 4 is 34.4 Å². The molecule has 1 aromatic carbocycles. The quantitative estimate of drug-likeness (QED) is 0.672. The van der Waals surface area contributed by atoms with Crippen molar-refractivity contribution in [3.63, 3.8) is 0 Å². The molecule has 2 aromatic heterocycles. The summed E-state index contributed by atoms with van der Waals surface area (Å²) in [4.78, 5) is 19.9. The molecule has 29 heavy (non-hydrogen) atoms. The van der Waals surface area contributed by atoms with Crippen LogP contribution in [-0.2, 0) is 6.42 Å². The molecule has 8 heteroatoms. The van der Waals surface area contributed by atoms with Crippen LogP contribution in [0, 0.1) is 0 Å². The molecule has 152 valence electrons. The lowest BCUT2D eigenvalue weighted by Crippen LogP contribution is -2.51. The van der Waals surface area contributed by atoms with Gasteiger partial charge in [-0.05, 0) is 55.2 Å². The molecule has 3 aromatic rings. The molecule has 2 amide bonds. The van der Waals surface area contributed by atoms with Gasteiger partial charge in [0.2, 0.25) is 0 Å². The third-order valence-corrected chi connectivity index (χ3v) is 5.78. The summed E-state index contributed by atoms with van der Waals surface area (Å²) < 4.78 is 0. The molecule has 0 radical (unpaired) electrons. The van der Waals surface area contributed by atoms with Crippen molar-refractivity contribution in [1.82, 2.24) is 25.4 Å². The van der Waals surface area contributed by atoms with Gasteiger partial charge in [-0.3, -0.25) is 0 Å². The van der Waals surface area contributed by atoms with E-state index in [0.717, 1.165) is 54.6 Å². The number of fused-ring (bicyclic) bond motifs is 1. The van der Waals surface area contributed by atoms with Crippen LogP contribution in [0.1, 0.15) is 18.4 Å². The summed E-state index contributed by atoms with van der Waals surface area (Å²) in [7, 11) is 1.87. The van der Waals surface area contributed by atoms with E-state index in [2.05, 4.69) is 25.4 Å². The molecule has 0 spiro atoms. The van der Waals surface area contributed by atoms with E-state index >= 15 is 0 Å². The zero-order valence-electron chi connectivity index (χ0n) is 16.4. The van der Waals surface area contributed by atoms with Crippen LogP contribution < -0.4 is 10.2 Å². The van der Waals surface area contributed by atoms with Crippen LogP contribution in [0.3, 0.4) is 0 Å². The van der Waals surface area contributed by atoms with Crippen molar-refractivity contribution in [3.05, 3.63) is 53.3 Å². The fourth-order valence-electron chi connectivity index (χ4n) is 3.89. The monoisotopic (exact) mass is 412 g/mol. The summed E-state index contributed by atoms with van der Waals surface area (Å²) in [6.07, 6.45) is 6.41. The highest BCUT2D eigenvalue weighted by atomic mass is 35.5. The SMILES string of the molecule is CN(C(=O)NCCc1c[nH]c2ccc(Cl)cc12)[C@@H]1CCCN(c2cccnn2)C1. The van der Waals surface area contributed by atoms with Crippen molar-refractivity contribution < 1.29 is 4.79 Å². The third-order valence-electron chi connectivity index (χ3n) is 5.55. The number of halogens is 1. The van der Waals surface area contributed by atoms with Crippen molar-refractivity contribution in [2.75, 3.05) is 31.6 Å². The van der Waals surface area contributed by atoms with E-state index in [1.807, 2.05) is 48.5 Å². The lowest BCUT2D eigenvalue weighted by atomic mass is 10.0. The maximum Gasteiger partial charge on any atom is 0.317 e. The normalized spacial score (nSPS) is 16.8. The molecule has 1 saturated heterocycles. The summed E-state index contributed by atoms with van der Waals surface area (Å²) >= 11 is 6.11. The number of carbonyl (C=O) groups excluding carboxylic acids is 1. The average Bonchev–Trinajstić information content (AvgIpc) is 3.16. The summed E-state index contributed by atoms with van der Waals surface area (Å²) in [5.74, 6) is 0.865. The first-order chi connectivity index (χ1) is 14.1. The number of urea groups is 1. The minimum absolute atomic E-state index is 0.0473. The van der Waals surface area contributed by atoms with Gasteiger partial charge in [0.1, 0.15) is 0 Å². The van der Waals surface area contributed by atoms with E-state index < -0.39 is 0 Å². The van der Waals surface area contributed by atoms with Gasteiger partial charge in [-0.25, -0.2) is 4.79 Å². The number of rotatable bonds is 5. The fourth-order valence-corrected chi connectivity index (χ4v) is 4.07. The molecule has 4 rings (SSSR count). The number of H-pyrrole nitrogens is 1. The molecule has 1 atom stereocenters. The lowest BCUT2D eigenvalue weighted by molar-refractivity contribution is 0.182. The first-order valence-electron chi connectivity index (χ1n) is 9.90. The second-order valence-electron chi connectivity index (χ2n) is 7.42. The highest BCUT2D eigenvalue weighted by molar-refractivity contribution is 6.31. The van der Waals surface area contributed by atoms with Crippen LogP contribution in [0.25, 0.3) is 10.9 Å². The maximum absolute atomic E-state index is 12.7. The van der Waals surface area contributed by atoms with Gasteiger partial charge in [0.15, 0.2) is 5.82 Å². The van der Waals surface area contributed by atoms with Gasteiger partial charge in [-0.2, -0.15) is 5.10 Å². The number of carbonyl (C=O) groups is 1. The molecular weight excluding hydrogens is 388 g/mol. The summed E-state index contributed by atoms with van der Waals surface area (Å²) in [6.45, 7) is 2.28. The summed E-state index contributed by atoms with van der Waals surface area (Å²) in [5.41, 5.74) is 2.20. The van der Waals surface area contributed by atoms with Gasteiger partial charge < -0.3 is 20.1 Å². The number of aromatic nitrogens is 3. The number of amides is 2. The van der Waals surface area contributed by atoms with Crippen molar-refractivity contribution in [1.29, 1.82) is 0 Å². The van der Waals surface area contributed by atoms with Crippen LogP contribution in [0.2, 0.25) is 5.02 Å². The molecule has 7 nitrogen and oxygen atoms in total. The Kier molecular flexibility index (Phi) is 5.85. The van der Waals surface area contributed by atoms with Crippen molar-refractivity contribution in [3.8, 4) is 0 Å². The first-order valence-corrected chi connectivity index (χ1v) is 10.3. The van der Waals surface area contributed by atoms with Crippen molar-refractivity contribution in [2.24, 2.45) is 0 Å². The van der Waals surface area contributed by atoms with Gasteiger partial charge in [0, 0.05) is 55.0 Å². The number of aromatic amines is 1. The second-order valence-corrected chi connectivity index (χ2v) is 7.86. The Morgan fingerprint density at radius 1 is 1.41 bits per heavy atom. The Balaban J connectivity index is 1.31. The van der Waals surface area contributed by atoms with Crippen molar-refractivity contribution in [2.45, 2.75) is 25.3 Å². The molecule has 2 N–H and O–H groups in total.